The fraction of sp³-hybridized carbons (Fsp3) is 0.250. The Balaban J connectivity index is 3.38. The molecule has 0 saturated carbocycles. The molecule has 1 heterocycles. The highest BCUT2D eigenvalue weighted by Crippen LogP contribution is 2.32. The highest BCUT2D eigenvalue weighted by Gasteiger charge is 2.20. The second-order valence-corrected chi connectivity index (χ2v) is 2.46. The van der Waals surface area contributed by atoms with Crippen LogP contribution in [0.4, 0.5) is 14.5 Å². The Kier molecular flexibility index (Phi) is 2.95. The maximum atomic E-state index is 12.5. The Bertz CT molecular complexity index is 355. The van der Waals surface area contributed by atoms with Crippen molar-refractivity contribution in [3.8, 4) is 5.75 Å². The number of hydrogen-bond donors (Lipinski definition) is 1. The standard InChI is InChI=1S/C8H8F2N2O2/c1-14-5-2-12-4(3-13)6(7(5)11)8(9)10/h2-3,8H,1H3,(H2,11,12). The molecular weight excluding hydrogens is 194 g/mol. The van der Waals surface area contributed by atoms with E-state index in [1.54, 1.807) is 0 Å². The van der Waals surface area contributed by atoms with Crippen molar-refractivity contribution < 1.29 is 18.3 Å². The molecule has 76 valence electrons. The van der Waals surface area contributed by atoms with Gasteiger partial charge in [-0.05, 0) is 0 Å². The second-order valence-electron chi connectivity index (χ2n) is 2.46. The number of methoxy groups -OCH3 is 1. The van der Waals surface area contributed by atoms with E-state index in [2.05, 4.69) is 4.98 Å². The van der Waals surface area contributed by atoms with Gasteiger partial charge in [-0.2, -0.15) is 0 Å². The van der Waals surface area contributed by atoms with E-state index in [-0.39, 0.29) is 23.4 Å². The number of pyridine rings is 1. The predicted octanol–water partition coefficient (Wildman–Crippen LogP) is 1.42. The number of nitrogens with zero attached hydrogens (tertiary/aromatic N) is 1. The third-order valence-electron chi connectivity index (χ3n) is 1.70. The van der Waals surface area contributed by atoms with Gasteiger partial charge in [-0.25, -0.2) is 13.8 Å². The van der Waals surface area contributed by atoms with Crippen molar-refractivity contribution in [3.05, 3.63) is 17.5 Å². The normalized spacial score (nSPS) is 10.3. The Morgan fingerprint density at radius 3 is 2.71 bits per heavy atom. The number of carbonyl (C=O) groups is 1. The molecule has 0 amide bonds. The van der Waals surface area contributed by atoms with Gasteiger partial charge in [0.25, 0.3) is 6.43 Å². The van der Waals surface area contributed by atoms with Crippen LogP contribution in [-0.2, 0) is 0 Å². The van der Waals surface area contributed by atoms with Gasteiger partial charge in [0.2, 0.25) is 0 Å². The molecule has 0 aliphatic rings. The molecule has 0 aliphatic carbocycles. The zero-order chi connectivity index (χ0) is 10.7. The highest BCUT2D eigenvalue weighted by molar-refractivity contribution is 5.79. The predicted molar refractivity (Wildman–Crippen MR) is 45.5 cm³/mol. The Morgan fingerprint density at radius 2 is 2.29 bits per heavy atom. The Labute approximate surface area is 78.7 Å². The lowest BCUT2D eigenvalue weighted by molar-refractivity contribution is 0.110. The van der Waals surface area contributed by atoms with Crippen LogP contribution in [0.5, 0.6) is 5.75 Å². The van der Waals surface area contributed by atoms with Crippen LogP contribution in [0.15, 0.2) is 6.20 Å². The SMILES string of the molecule is COc1cnc(C=O)c(C(F)F)c1N. The molecule has 0 spiro atoms. The molecule has 1 rings (SSSR count). The van der Waals surface area contributed by atoms with Gasteiger partial charge in [-0.3, -0.25) is 4.79 Å². The van der Waals surface area contributed by atoms with E-state index in [1.807, 2.05) is 0 Å². The molecule has 0 unspecified atom stereocenters. The number of nitrogen functional groups attached to an aromatic ring is 1. The number of carbonyl (C=O) groups excluding carboxylic acids is 1. The van der Waals surface area contributed by atoms with Crippen molar-refractivity contribution in [2.24, 2.45) is 0 Å². The van der Waals surface area contributed by atoms with Crippen LogP contribution >= 0.6 is 0 Å². The summed E-state index contributed by atoms with van der Waals surface area (Å²) in [7, 11) is 1.28. The van der Waals surface area contributed by atoms with Crippen LogP contribution in [0.1, 0.15) is 22.5 Å². The molecule has 6 heteroatoms. The van der Waals surface area contributed by atoms with Crippen LogP contribution in [0.3, 0.4) is 0 Å². The molecule has 1 aromatic heterocycles. The fourth-order valence-corrected chi connectivity index (χ4v) is 1.02. The highest BCUT2D eigenvalue weighted by atomic mass is 19.3. The summed E-state index contributed by atoms with van der Waals surface area (Å²) < 4.78 is 29.6. The van der Waals surface area contributed by atoms with E-state index in [0.29, 0.717) is 0 Å². The van der Waals surface area contributed by atoms with Gasteiger partial charge in [-0.1, -0.05) is 0 Å². The number of halogens is 2. The summed E-state index contributed by atoms with van der Waals surface area (Å²) in [6.07, 6.45) is -1.49. The number of aromatic nitrogens is 1. The number of anilines is 1. The van der Waals surface area contributed by atoms with E-state index < -0.39 is 12.0 Å². The molecule has 0 atom stereocenters. The molecule has 0 radical (unpaired) electrons. The van der Waals surface area contributed by atoms with Crippen LogP contribution in [0, 0.1) is 0 Å². The van der Waals surface area contributed by atoms with Crippen molar-refractivity contribution in [1.82, 2.24) is 4.98 Å². The van der Waals surface area contributed by atoms with Gasteiger partial charge in [0.15, 0.2) is 12.0 Å². The minimum absolute atomic E-state index is 0.0332. The maximum absolute atomic E-state index is 12.5. The molecule has 0 aromatic carbocycles. The lowest BCUT2D eigenvalue weighted by Crippen LogP contribution is -2.05. The first kappa shape index (κ1) is 10.4. The fourth-order valence-electron chi connectivity index (χ4n) is 1.02. The number of aldehydes is 1. The quantitative estimate of drug-likeness (QED) is 0.753. The van der Waals surface area contributed by atoms with Crippen LogP contribution in [0.2, 0.25) is 0 Å². The van der Waals surface area contributed by atoms with Gasteiger partial charge < -0.3 is 10.5 Å². The molecular formula is C8H8F2N2O2. The van der Waals surface area contributed by atoms with Crippen molar-refractivity contribution in [1.29, 1.82) is 0 Å². The average Bonchev–Trinajstić information content (AvgIpc) is 2.16. The molecule has 0 aliphatic heterocycles. The monoisotopic (exact) mass is 202 g/mol. The Hall–Kier alpha value is -1.72. The summed E-state index contributed by atoms with van der Waals surface area (Å²) >= 11 is 0. The lowest BCUT2D eigenvalue weighted by Gasteiger charge is -2.10. The minimum atomic E-state index is -2.85. The topological polar surface area (TPSA) is 65.2 Å². The molecule has 2 N–H and O–H groups in total. The first-order chi connectivity index (χ1) is 6.61. The molecule has 14 heavy (non-hydrogen) atoms. The summed E-state index contributed by atoms with van der Waals surface area (Å²) in [5, 5.41) is 0. The smallest absolute Gasteiger partial charge is 0.268 e. The van der Waals surface area contributed by atoms with Gasteiger partial charge in [0, 0.05) is 0 Å². The Morgan fingerprint density at radius 1 is 1.64 bits per heavy atom. The third kappa shape index (κ3) is 1.63. The summed E-state index contributed by atoms with van der Waals surface area (Å²) in [5.41, 5.74) is 4.17. The molecule has 0 saturated heterocycles. The van der Waals surface area contributed by atoms with E-state index in [1.165, 1.54) is 7.11 Å². The number of rotatable bonds is 3. The van der Waals surface area contributed by atoms with E-state index >= 15 is 0 Å². The van der Waals surface area contributed by atoms with Crippen molar-refractivity contribution in [3.63, 3.8) is 0 Å². The number of nitrogens with two attached hydrogens (primary N) is 1. The summed E-state index contributed by atoms with van der Waals surface area (Å²) in [4.78, 5) is 13.9. The van der Waals surface area contributed by atoms with Crippen molar-refractivity contribution in [2.45, 2.75) is 6.43 Å². The summed E-state index contributed by atoms with van der Waals surface area (Å²) in [6.45, 7) is 0. The zero-order valence-electron chi connectivity index (χ0n) is 7.33. The first-order valence-electron chi connectivity index (χ1n) is 3.67. The van der Waals surface area contributed by atoms with Gasteiger partial charge in [0.1, 0.15) is 5.69 Å². The number of alkyl halides is 2. The summed E-state index contributed by atoms with van der Waals surface area (Å²) in [5.74, 6) is 0.0332. The number of ether oxygens (including phenoxy) is 1. The molecule has 1 aromatic rings. The van der Waals surface area contributed by atoms with E-state index in [4.69, 9.17) is 10.5 Å². The van der Waals surface area contributed by atoms with Crippen LogP contribution < -0.4 is 10.5 Å². The van der Waals surface area contributed by atoms with Crippen LogP contribution in [0.25, 0.3) is 0 Å². The minimum Gasteiger partial charge on any atom is -0.493 e. The van der Waals surface area contributed by atoms with E-state index in [9.17, 15) is 13.6 Å². The largest absolute Gasteiger partial charge is 0.493 e. The third-order valence-corrected chi connectivity index (χ3v) is 1.70. The lowest BCUT2D eigenvalue weighted by atomic mass is 10.1. The van der Waals surface area contributed by atoms with Gasteiger partial charge in [-0.15, -0.1) is 0 Å². The molecule has 4 nitrogen and oxygen atoms in total. The first-order valence-corrected chi connectivity index (χ1v) is 3.67. The second kappa shape index (κ2) is 3.99. The maximum Gasteiger partial charge on any atom is 0.268 e. The molecule has 0 bridgehead atoms. The number of hydrogen-bond acceptors (Lipinski definition) is 4. The average molecular weight is 202 g/mol. The van der Waals surface area contributed by atoms with Gasteiger partial charge >= 0.3 is 0 Å². The van der Waals surface area contributed by atoms with Gasteiger partial charge in [0.05, 0.1) is 24.6 Å². The van der Waals surface area contributed by atoms with E-state index in [0.717, 1.165) is 6.20 Å². The van der Waals surface area contributed by atoms with Crippen molar-refractivity contribution >= 4 is 12.0 Å². The zero-order valence-corrected chi connectivity index (χ0v) is 7.33. The van der Waals surface area contributed by atoms with Crippen molar-refractivity contribution in [2.75, 3.05) is 12.8 Å². The summed E-state index contributed by atoms with van der Waals surface area (Å²) in [6, 6.07) is 0. The van der Waals surface area contributed by atoms with Crippen LogP contribution in [-0.4, -0.2) is 18.4 Å². The molecule has 0 fully saturated rings.